The summed E-state index contributed by atoms with van der Waals surface area (Å²) in [5.41, 5.74) is 3.18. The highest BCUT2D eigenvalue weighted by Crippen LogP contribution is 2.18. The molecule has 1 aliphatic rings. The normalized spacial score (nSPS) is 14.3. The van der Waals surface area contributed by atoms with Crippen molar-refractivity contribution in [1.82, 2.24) is 20.0 Å². The molecule has 3 aromatic carbocycles. The molecule has 0 spiro atoms. The molecule has 1 fully saturated rings. The van der Waals surface area contributed by atoms with E-state index in [1.807, 2.05) is 24.3 Å². The van der Waals surface area contributed by atoms with Crippen LogP contribution in [0, 0.1) is 6.92 Å². The van der Waals surface area contributed by atoms with Crippen LogP contribution in [-0.2, 0) is 0 Å². The standard InChI is InChI=1S/C28H29N5O2/c1-21-8-7-11-23(20-21)32-18-16-31(17-19-32)15-14-29-27(34)26-24-12-5-6-13-25(24)28(35)33(30-26)22-9-3-2-4-10-22/h2-13,20H,14-19H2,1H3,(H,29,34). The van der Waals surface area contributed by atoms with Crippen LogP contribution in [-0.4, -0.2) is 59.9 Å². The van der Waals surface area contributed by atoms with E-state index in [1.165, 1.54) is 15.9 Å². The molecule has 0 aliphatic carbocycles. The van der Waals surface area contributed by atoms with Crippen molar-refractivity contribution in [2.24, 2.45) is 0 Å². The first kappa shape index (κ1) is 22.8. The number of hydrogen-bond donors (Lipinski definition) is 1. The lowest BCUT2D eigenvalue weighted by atomic mass is 10.1. The quantitative estimate of drug-likeness (QED) is 0.472. The minimum atomic E-state index is -0.274. The molecule has 2 heterocycles. The number of carbonyl (C=O) groups is 1. The number of anilines is 1. The van der Waals surface area contributed by atoms with Gasteiger partial charge >= 0.3 is 0 Å². The zero-order valence-corrected chi connectivity index (χ0v) is 19.9. The zero-order chi connectivity index (χ0) is 24.2. The van der Waals surface area contributed by atoms with Crippen molar-refractivity contribution in [1.29, 1.82) is 0 Å². The molecule has 1 N–H and O–H groups in total. The lowest BCUT2D eigenvalue weighted by Crippen LogP contribution is -2.48. The number of para-hydroxylation sites is 1. The van der Waals surface area contributed by atoms with E-state index in [-0.39, 0.29) is 17.2 Å². The van der Waals surface area contributed by atoms with Crippen molar-refractivity contribution in [3.05, 3.63) is 100 Å². The SMILES string of the molecule is Cc1cccc(N2CCN(CCNC(=O)c3nn(-c4ccccc4)c(=O)c4ccccc34)CC2)c1. The molecule has 5 rings (SSSR count). The Labute approximate surface area is 204 Å². The summed E-state index contributed by atoms with van der Waals surface area (Å²) in [4.78, 5) is 31.0. The fourth-order valence-corrected chi connectivity index (χ4v) is 4.57. The number of rotatable bonds is 6. The van der Waals surface area contributed by atoms with E-state index < -0.39 is 0 Å². The van der Waals surface area contributed by atoms with Gasteiger partial charge in [0.05, 0.1) is 11.1 Å². The van der Waals surface area contributed by atoms with Gasteiger partial charge in [-0.15, -0.1) is 0 Å². The maximum Gasteiger partial charge on any atom is 0.279 e. The molecule has 1 aliphatic heterocycles. The van der Waals surface area contributed by atoms with Gasteiger partial charge in [-0.3, -0.25) is 14.5 Å². The molecule has 0 unspecified atom stereocenters. The molecule has 1 aromatic heterocycles. The number of benzene rings is 3. The fourth-order valence-electron chi connectivity index (χ4n) is 4.57. The smallest absolute Gasteiger partial charge is 0.279 e. The number of fused-ring (bicyclic) bond motifs is 1. The van der Waals surface area contributed by atoms with Crippen LogP contribution in [0.15, 0.2) is 83.7 Å². The largest absolute Gasteiger partial charge is 0.369 e. The van der Waals surface area contributed by atoms with Gasteiger partial charge in [0.25, 0.3) is 11.5 Å². The van der Waals surface area contributed by atoms with E-state index in [1.54, 1.807) is 30.3 Å². The molecule has 4 aromatic rings. The Hall–Kier alpha value is -3.97. The second-order valence-electron chi connectivity index (χ2n) is 8.87. The summed E-state index contributed by atoms with van der Waals surface area (Å²) >= 11 is 0. The number of aryl methyl sites for hydroxylation is 1. The van der Waals surface area contributed by atoms with Crippen LogP contribution in [0.3, 0.4) is 0 Å². The summed E-state index contributed by atoms with van der Waals surface area (Å²) < 4.78 is 1.31. The fraction of sp³-hybridized carbons (Fsp3) is 0.250. The minimum absolute atomic E-state index is 0.241. The molecule has 1 saturated heterocycles. The van der Waals surface area contributed by atoms with E-state index in [4.69, 9.17) is 0 Å². The molecule has 35 heavy (non-hydrogen) atoms. The Morgan fingerprint density at radius 1 is 0.857 bits per heavy atom. The third-order valence-corrected chi connectivity index (χ3v) is 6.47. The van der Waals surface area contributed by atoms with Crippen LogP contribution < -0.4 is 15.8 Å². The van der Waals surface area contributed by atoms with Gasteiger partial charge in [-0.1, -0.05) is 48.5 Å². The van der Waals surface area contributed by atoms with Gasteiger partial charge < -0.3 is 10.2 Å². The van der Waals surface area contributed by atoms with Crippen molar-refractivity contribution in [2.45, 2.75) is 6.92 Å². The second-order valence-corrected chi connectivity index (χ2v) is 8.87. The lowest BCUT2D eigenvalue weighted by Gasteiger charge is -2.36. The van der Waals surface area contributed by atoms with Crippen LogP contribution in [0.2, 0.25) is 0 Å². The molecule has 178 valence electrons. The van der Waals surface area contributed by atoms with Gasteiger partial charge in [-0.2, -0.15) is 9.78 Å². The van der Waals surface area contributed by atoms with Gasteiger partial charge in [0.15, 0.2) is 5.69 Å². The molecule has 7 heteroatoms. The van der Waals surface area contributed by atoms with Crippen LogP contribution in [0.5, 0.6) is 0 Å². The van der Waals surface area contributed by atoms with Crippen LogP contribution >= 0.6 is 0 Å². The Kier molecular flexibility index (Phi) is 6.59. The summed E-state index contributed by atoms with van der Waals surface area (Å²) in [6, 6.07) is 24.9. The van der Waals surface area contributed by atoms with E-state index >= 15 is 0 Å². The summed E-state index contributed by atoms with van der Waals surface area (Å²) in [5.74, 6) is -0.274. The van der Waals surface area contributed by atoms with Crippen molar-refractivity contribution in [3.63, 3.8) is 0 Å². The number of hydrogen-bond acceptors (Lipinski definition) is 5. The first-order chi connectivity index (χ1) is 17.1. The number of nitrogens with one attached hydrogen (secondary N) is 1. The Morgan fingerprint density at radius 2 is 1.54 bits per heavy atom. The average Bonchev–Trinajstić information content (AvgIpc) is 2.90. The Balaban J connectivity index is 1.25. The van der Waals surface area contributed by atoms with Gasteiger partial charge in [-0.05, 0) is 42.8 Å². The second kappa shape index (κ2) is 10.1. The highest BCUT2D eigenvalue weighted by atomic mass is 16.2. The maximum absolute atomic E-state index is 13.1. The molecule has 0 saturated carbocycles. The number of carbonyl (C=O) groups excluding carboxylic acids is 1. The van der Waals surface area contributed by atoms with E-state index in [9.17, 15) is 9.59 Å². The molecular formula is C28H29N5O2. The van der Waals surface area contributed by atoms with Gasteiger partial charge in [-0.25, -0.2) is 0 Å². The average molecular weight is 468 g/mol. The number of aromatic nitrogens is 2. The summed E-state index contributed by atoms with van der Waals surface area (Å²) in [5, 5.41) is 8.51. The highest BCUT2D eigenvalue weighted by molar-refractivity contribution is 6.04. The third-order valence-electron chi connectivity index (χ3n) is 6.47. The minimum Gasteiger partial charge on any atom is -0.369 e. The molecular weight excluding hydrogens is 438 g/mol. The van der Waals surface area contributed by atoms with Crippen molar-refractivity contribution in [2.75, 3.05) is 44.2 Å². The summed E-state index contributed by atoms with van der Waals surface area (Å²) in [6.07, 6.45) is 0. The monoisotopic (exact) mass is 467 g/mol. The van der Waals surface area contributed by atoms with E-state index in [0.29, 0.717) is 23.0 Å². The van der Waals surface area contributed by atoms with Gasteiger partial charge in [0, 0.05) is 50.3 Å². The molecule has 0 atom stereocenters. The molecule has 0 bridgehead atoms. The molecule has 7 nitrogen and oxygen atoms in total. The lowest BCUT2D eigenvalue weighted by molar-refractivity contribution is 0.0943. The van der Waals surface area contributed by atoms with Crippen LogP contribution in [0.1, 0.15) is 16.1 Å². The van der Waals surface area contributed by atoms with Crippen LogP contribution in [0.4, 0.5) is 5.69 Å². The first-order valence-electron chi connectivity index (χ1n) is 12.0. The van der Waals surface area contributed by atoms with Crippen LogP contribution in [0.25, 0.3) is 16.5 Å². The first-order valence-corrected chi connectivity index (χ1v) is 12.0. The Morgan fingerprint density at radius 3 is 2.29 bits per heavy atom. The number of amides is 1. The molecule has 0 radical (unpaired) electrons. The zero-order valence-electron chi connectivity index (χ0n) is 19.9. The number of nitrogens with zero attached hydrogens (tertiary/aromatic N) is 4. The van der Waals surface area contributed by atoms with Crippen molar-refractivity contribution in [3.8, 4) is 5.69 Å². The topological polar surface area (TPSA) is 70.5 Å². The highest BCUT2D eigenvalue weighted by Gasteiger charge is 2.19. The summed E-state index contributed by atoms with van der Waals surface area (Å²) in [6.45, 7) is 7.23. The summed E-state index contributed by atoms with van der Waals surface area (Å²) in [7, 11) is 0. The predicted octanol–water partition coefficient (Wildman–Crippen LogP) is 3.25. The maximum atomic E-state index is 13.1. The van der Waals surface area contributed by atoms with Gasteiger partial charge in [0.1, 0.15) is 0 Å². The Bertz CT molecular complexity index is 1390. The van der Waals surface area contributed by atoms with E-state index in [2.05, 4.69) is 51.4 Å². The number of piperazine rings is 1. The molecule has 1 amide bonds. The van der Waals surface area contributed by atoms with E-state index in [0.717, 1.165) is 32.7 Å². The van der Waals surface area contributed by atoms with Gasteiger partial charge in [0.2, 0.25) is 0 Å². The van der Waals surface area contributed by atoms with Crippen molar-refractivity contribution < 1.29 is 4.79 Å². The third kappa shape index (κ3) is 4.95. The predicted molar refractivity (Wildman–Crippen MR) is 140 cm³/mol. The van der Waals surface area contributed by atoms with Crippen molar-refractivity contribution >= 4 is 22.4 Å².